The van der Waals surface area contributed by atoms with E-state index in [-0.39, 0.29) is 29.8 Å². The van der Waals surface area contributed by atoms with E-state index in [0.29, 0.717) is 6.04 Å². The van der Waals surface area contributed by atoms with Crippen LogP contribution in [0.1, 0.15) is 26.7 Å². The Labute approximate surface area is 137 Å². The molecule has 0 bridgehead atoms. The highest BCUT2D eigenvalue weighted by atomic mass is 32.2. The van der Waals surface area contributed by atoms with Gasteiger partial charge in [0.05, 0.1) is 0 Å². The fourth-order valence-electron chi connectivity index (χ4n) is 2.56. The van der Waals surface area contributed by atoms with E-state index in [1.807, 2.05) is 0 Å². The van der Waals surface area contributed by atoms with Crippen LogP contribution in [0.5, 0.6) is 0 Å². The fraction of sp³-hybridized carbons (Fsp3) is 0.600. The lowest BCUT2D eigenvalue weighted by molar-refractivity contribution is -0.121. The summed E-state index contributed by atoms with van der Waals surface area (Å²) in [7, 11) is -3.60. The molecule has 0 aromatic carbocycles. The molecule has 2 heterocycles. The molecule has 1 atom stereocenters. The van der Waals surface area contributed by atoms with Gasteiger partial charge < -0.3 is 5.32 Å². The zero-order valence-electron chi connectivity index (χ0n) is 13.5. The Morgan fingerprint density at radius 3 is 2.87 bits per heavy atom. The molecule has 2 rings (SSSR count). The third kappa shape index (κ3) is 5.26. The molecule has 1 fully saturated rings. The molecule has 0 saturated carbocycles. The second kappa shape index (κ2) is 7.85. The standard InChI is InChI=1S/C15H24N4O3S/c1-12(2)19-9-6-13(11-19)18-15(20)5-8-17-23(21,22)14-4-3-7-16-10-14/h3-4,7,10,12-13,17H,5-6,8-9,11H2,1-2H3,(H,18,20). The molecule has 1 aromatic heterocycles. The molecule has 1 saturated heterocycles. The smallest absolute Gasteiger partial charge is 0.242 e. The fourth-order valence-corrected chi connectivity index (χ4v) is 3.56. The van der Waals surface area contributed by atoms with E-state index in [9.17, 15) is 13.2 Å². The van der Waals surface area contributed by atoms with Gasteiger partial charge in [-0.05, 0) is 32.4 Å². The first-order valence-electron chi connectivity index (χ1n) is 7.81. The molecule has 2 N–H and O–H groups in total. The highest BCUT2D eigenvalue weighted by molar-refractivity contribution is 7.89. The van der Waals surface area contributed by atoms with Gasteiger partial charge in [-0.1, -0.05) is 0 Å². The van der Waals surface area contributed by atoms with E-state index in [2.05, 4.69) is 33.8 Å². The molecule has 0 spiro atoms. The predicted molar refractivity (Wildman–Crippen MR) is 87.3 cm³/mol. The van der Waals surface area contributed by atoms with Crippen molar-refractivity contribution in [1.82, 2.24) is 19.9 Å². The summed E-state index contributed by atoms with van der Waals surface area (Å²) in [6.07, 6.45) is 3.85. The molecule has 8 heteroatoms. The molecule has 1 aromatic rings. The van der Waals surface area contributed by atoms with Crippen molar-refractivity contribution in [3.63, 3.8) is 0 Å². The summed E-state index contributed by atoms with van der Waals surface area (Å²) in [5, 5.41) is 2.96. The predicted octanol–water partition coefficient (Wildman–Crippen LogP) is 0.349. The first-order chi connectivity index (χ1) is 10.9. The highest BCUT2D eigenvalue weighted by Gasteiger charge is 2.25. The van der Waals surface area contributed by atoms with Crippen molar-refractivity contribution in [2.24, 2.45) is 0 Å². The summed E-state index contributed by atoms with van der Waals surface area (Å²) in [5.74, 6) is -0.130. The summed E-state index contributed by atoms with van der Waals surface area (Å²) in [4.78, 5) is 18.1. The van der Waals surface area contributed by atoms with Gasteiger partial charge in [-0.2, -0.15) is 0 Å². The number of carbonyl (C=O) groups is 1. The van der Waals surface area contributed by atoms with Crippen molar-refractivity contribution in [3.05, 3.63) is 24.5 Å². The molecule has 1 amide bonds. The van der Waals surface area contributed by atoms with Gasteiger partial charge in [-0.15, -0.1) is 0 Å². The van der Waals surface area contributed by atoms with E-state index >= 15 is 0 Å². The van der Waals surface area contributed by atoms with Crippen LogP contribution in [0.25, 0.3) is 0 Å². The maximum absolute atomic E-state index is 12.0. The lowest BCUT2D eigenvalue weighted by atomic mass is 10.2. The lowest BCUT2D eigenvalue weighted by Crippen LogP contribution is -2.39. The van der Waals surface area contributed by atoms with Crippen LogP contribution in [-0.4, -0.2) is 55.9 Å². The van der Waals surface area contributed by atoms with Crippen molar-refractivity contribution in [1.29, 1.82) is 0 Å². The summed E-state index contributed by atoms with van der Waals surface area (Å²) in [5.41, 5.74) is 0. The monoisotopic (exact) mass is 340 g/mol. The number of rotatable bonds is 7. The molecule has 23 heavy (non-hydrogen) atoms. The molecule has 1 aliphatic heterocycles. The number of hydrogen-bond acceptors (Lipinski definition) is 5. The Bertz CT molecular complexity index is 619. The van der Waals surface area contributed by atoms with Gasteiger partial charge >= 0.3 is 0 Å². The van der Waals surface area contributed by atoms with Crippen LogP contribution in [-0.2, 0) is 14.8 Å². The number of nitrogens with one attached hydrogen (secondary N) is 2. The highest BCUT2D eigenvalue weighted by Crippen LogP contribution is 2.12. The molecule has 1 unspecified atom stereocenters. The van der Waals surface area contributed by atoms with Gasteiger partial charge in [0.25, 0.3) is 0 Å². The molecule has 128 valence electrons. The SMILES string of the molecule is CC(C)N1CCC(NC(=O)CCNS(=O)(=O)c2cccnc2)C1. The van der Waals surface area contributed by atoms with Gasteiger partial charge in [0.1, 0.15) is 4.90 Å². The minimum Gasteiger partial charge on any atom is -0.352 e. The van der Waals surface area contributed by atoms with Crippen LogP contribution in [0.4, 0.5) is 0 Å². The molecular formula is C15H24N4O3S. The second-order valence-electron chi connectivity index (χ2n) is 5.98. The zero-order valence-corrected chi connectivity index (χ0v) is 14.3. The van der Waals surface area contributed by atoms with E-state index in [0.717, 1.165) is 19.5 Å². The number of amides is 1. The first-order valence-corrected chi connectivity index (χ1v) is 9.30. The van der Waals surface area contributed by atoms with Crippen molar-refractivity contribution < 1.29 is 13.2 Å². The van der Waals surface area contributed by atoms with Crippen LogP contribution in [0.2, 0.25) is 0 Å². The number of carbonyl (C=O) groups excluding carboxylic acids is 1. The Morgan fingerprint density at radius 1 is 1.48 bits per heavy atom. The Kier molecular flexibility index (Phi) is 6.09. The quantitative estimate of drug-likeness (QED) is 0.747. The Hall–Kier alpha value is -1.51. The van der Waals surface area contributed by atoms with Gasteiger partial charge in [0, 0.05) is 50.5 Å². The van der Waals surface area contributed by atoms with Gasteiger partial charge in [-0.25, -0.2) is 13.1 Å². The van der Waals surface area contributed by atoms with E-state index in [4.69, 9.17) is 0 Å². The van der Waals surface area contributed by atoms with E-state index < -0.39 is 10.0 Å². The van der Waals surface area contributed by atoms with Crippen LogP contribution in [0.3, 0.4) is 0 Å². The van der Waals surface area contributed by atoms with Crippen molar-refractivity contribution >= 4 is 15.9 Å². The second-order valence-corrected chi connectivity index (χ2v) is 7.75. The van der Waals surface area contributed by atoms with E-state index in [1.165, 1.54) is 18.5 Å². The summed E-state index contributed by atoms with van der Waals surface area (Å²) < 4.78 is 26.4. The van der Waals surface area contributed by atoms with Crippen molar-refractivity contribution in [2.45, 2.75) is 43.7 Å². The molecule has 7 nitrogen and oxygen atoms in total. The van der Waals surface area contributed by atoms with Crippen LogP contribution >= 0.6 is 0 Å². The minimum absolute atomic E-state index is 0.0731. The van der Waals surface area contributed by atoms with Crippen molar-refractivity contribution in [2.75, 3.05) is 19.6 Å². The zero-order chi connectivity index (χ0) is 16.9. The molecule has 0 aliphatic carbocycles. The largest absolute Gasteiger partial charge is 0.352 e. The molecular weight excluding hydrogens is 316 g/mol. The number of aromatic nitrogens is 1. The van der Waals surface area contributed by atoms with Gasteiger partial charge in [0.2, 0.25) is 15.9 Å². The summed E-state index contributed by atoms with van der Waals surface area (Å²) >= 11 is 0. The lowest BCUT2D eigenvalue weighted by Gasteiger charge is -2.20. The van der Waals surface area contributed by atoms with Crippen LogP contribution < -0.4 is 10.0 Å². The summed E-state index contributed by atoms with van der Waals surface area (Å²) in [6, 6.07) is 3.65. The maximum Gasteiger partial charge on any atom is 0.242 e. The van der Waals surface area contributed by atoms with Crippen molar-refractivity contribution in [3.8, 4) is 0 Å². The third-order valence-electron chi connectivity index (χ3n) is 3.90. The normalized spacial score (nSPS) is 19.2. The van der Waals surface area contributed by atoms with E-state index in [1.54, 1.807) is 6.07 Å². The average Bonchev–Trinajstić information content (AvgIpc) is 2.96. The van der Waals surface area contributed by atoms with Crippen LogP contribution in [0.15, 0.2) is 29.4 Å². The number of hydrogen-bond donors (Lipinski definition) is 2. The summed E-state index contributed by atoms with van der Waals surface area (Å²) in [6.45, 7) is 6.18. The average molecular weight is 340 g/mol. The first kappa shape index (κ1) is 17.8. The Balaban J connectivity index is 1.73. The Morgan fingerprint density at radius 2 is 2.26 bits per heavy atom. The number of sulfonamides is 1. The number of likely N-dealkylation sites (tertiary alicyclic amines) is 1. The number of nitrogens with zero attached hydrogens (tertiary/aromatic N) is 2. The third-order valence-corrected chi connectivity index (χ3v) is 5.35. The minimum atomic E-state index is -3.60. The molecule has 1 aliphatic rings. The maximum atomic E-state index is 12.0. The molecule has 0 radical (unpaired) electrons. The van der Waals surface area contributed by atoms with Gasteiger partial charge in [-0.3, -0.25) is 14.7 Å². The topological polar surface area (TPSA) is 91.4 Å². The van der Waals surface area contributed by atoms with Gasteiger partial charge in [0.15, 0.2) is 0 Å². The number of pyridine rings is 1. The van der Waals surface area contributed by atoms with Crippen LogP contribution in [0, 0.1) is 0 Å².